The van der Waals surface area contributed by atoms with E-state index in [-0.39, 0.29) is 23.7 Å². The van der Waals surface area contributed by atoms with Crippen molar-refractivity contribution in [2.24, 2.45) is 0 Å². The van der Waals surface area contributed by atoms with E-state index in [1.807, 2.05) is 0 Å². The van der Waals surface area contributed by atoms with Gasteiger partial charge in [0.2, 0.25) is 5.95 Å². The van der Waals surface area contributed by atoms with Gasteiger partial charge in [0.15, 0.2) is 28.3 Å². The molecule has 6 nitrogen and oxygen atoms in total. The lowest BCUT2D eigenvalue weighted by atomic mass is 10.2. The van der Waals surface area contributed by atoms with Crippen LogP contribution in [0.4, 0.5) is 38.0 Å². The number of anilines is 2. The summed E-state index contributed by atoms with van der Waals surface area (Å²) < 4.78 is 91.0. The van der Waals surface area contributed by atoms with Crippen LogP contribution < -0.4 is 10.9 Å². The second-order valence-corrected chi connectivity index (χ2v) is 7.74. The number of hydrogen-bond acceptors (Lipinski definition) is 5. The summed E-state index contributed by atoms with van der Waals surface area (Å²) in [6.45, 7) is 1.18. The number of benzene rings is 2. The van der Waals surface area contributed by atoms with Crippen molar-refractivity contribution in [3.8, 4) is 0 Å². The van der Waals surface area contributed by atoms with E-state index in [9.17, 15) is 35.3 Å². The van der Waals surface area contributed by atoms with E-state index < -0.39 is 44.2 Å². The highest BCUT2D eigenvalue weighted by Crippen LogP contribution is 2.29. The first-order valence-corrected chi connectivity index (χ1v) is 9.54. The third-order valence-electron chi connectivity index (χ3n) is 4.02. The molecule has 0 aliphatic heterocycles. The lowest BCUT2D eigenvalue weighted by Gasteiger charge is -2.15. The molecule has 13 heteroatoms. The van der Waals surface area contributed by atoms with E-state index in [0.717, 1.165) is 35.1 Å². The van der Waals surface area contributed by atoms with E-state index in [4.69, 9.17) is 0 Å². The highest BCUT2D eigenvalue weighted by Gasteiger charge is 2.38. The number of aryl methyl sites for hydroxylation is 1. The highest BCUT2D eigenvalue weighted by molar-refractivity contribution is 7.86. The van der Waals surface area contributed by atoms with Gasteiger partial charge in [-0.1, -0.05) is 6.07 Å². The van der Waals surface area contributed by atoms with Crippen molar-refractivity contribution >= 4 is 22.4 Å². The third-order valence-corrected chi connectivity index (χ3v) is 5.13. The monoisotopic (exact) mass is 462 g/mol. The lowest BCUT2D eigenvalue weighted by Crippen LogP contribution is -2.20. The maximum Gasteiger partial charge on any atom is 0.475 e. The molecule has 1 unspecified atom stereocenters. The number of alkyl halides is 3. The number of aromatic nitrogens is 3. The van der Waals surface area contributed by atoms with Crippen LogP contribution in [-0.2, 0) is 17.3 Å². The first-order valence-electron chi connectivity index (χ1n) is 8.39. The molecule has 164 valence electrons. The summed E-state index contributed by atoms with van der Waals surface area (Å²) >= 11 is 0. The molecule has 0 aliphatic rings. The minimum atomic E-state index is -4.97. The van der Waals surface area contributed by atoms with Crippen molar-refractivity contribution in [2.75, 3.05) is 5.32 Å². The summed E-state index contributed by atoms with van der Waals surface area (Å²) in [6.07, 6.45) is 0.809. The van der Waals surface area contributed by atoms with Crippen LogP contribution in [0.15, 0.2) is 46.2 Å². The molecular formula is C18H12F6N4O2S. The van der Waals surface area contributed by atoms with Crippen LogP contribution in [0.25, 0.3) is 0 Å². The van der Waals surface area contributed by atoms with Crippen molar-refractivity contribution in [3.63, 3.8) is 0 Å². The average Bonchev–Trinajstić information content (AvgIpc) is 2.68. The van der Waals surface area contributed by atoms with Crippen molar-refractivity contribution in [1.29, 1.82) is 0 Å². The standard InChI is InChI=1S/C18H12F6N4O2S/c1-9-2-3-11(31(30)18(22,23)24)6-14(9)26-17-27-15(29)7-25-28(17)8-10-4-12(19)16(21)13(20)5-10/h2-7H,8H2,1H3,(H,26,27,29). The quantitative estimate of drug-likeness (QED) is 0.461. The Morgan fingerprint density at radius 3 is 2.35 bits per heavy atom. The molecule has 1 heterocycles. The van der Waals surface area contributed by atoms with Gasteiger partial charge < -0.3 is 5.32 Å². The molecule has 1 atom stereocenters. The van der Waals surface area contributed by atoms with Crippen molar-refractivity contribution in [3.05, 3.63) is 75.5 Å². The fraction of sp³-hybridized carbons (Fsp3) is 0.167. The number of rotatable bonds is 5. The first kappa shape index (κ1) is 22.5. The molecule has 0 radical (unpaired) electrons. The van der Waals surface area contributed by atoms with Gasteiger partial charge in [0, 0.05) is 10.6 Å². The van der Waals surface area contributed by atoms with Crippen LogP contribution in [0.1, 0.15) is 11.1 Å². The third kappa shape index (κ3) is 5.10. The van der Waals surface area contributed by atoms with Crippen molar-refractivity contribution in [1.82, 2.24) is 14.8 Å². The summed E-state index contributed by atoms with van der Waals surface area (Å²) in [5, 5.41) is 6.39. The number of nitrogens with zero attached hydrogens (tertiary/aromatic N) is 3. The van der Waals surface area contributed by atoms with Crippen LogP contribution >= 0.6 is 0 Å². The molecule has 0 saturated heterocycles. The molecule has 0 bridgehead atoms. The topological polar surface area (TPSA) is 76.9 Å². The summed E-state index contributed by atoms with van der Waals surface area (Å²) in [4.78, 5) is 14.8. The Balaban J connectivity index is 1.99. The van der Waals surface area contributed by atoms with Gasteiger partial charge in [-0.2, -0.15) is 23.3 Å². The largest absolute Gasteiger partial charge is 0.475 e. The van der Waals surface area contributed by atoms with Gasteiger partial charge in [0.05, 0.1) is 6.54 Å². The molecule has 2 aromatic carbocycles. The van der Waals surface area contributed by atoms with Gasteiger partial charge in [0.25, 0.3) is 5.56 Å². The predicted molar refractivity (Wildman–Crippen MR) is 98.6 cm³/mol. The van der Waals surface area contributed by atoms with E-state index in [2.05, 4.69) is 15.4 Å². The fourth-order valence-corrected chi connectivity index (χ4v) is 3.23. The Kier molecular flexibility index (Phi) is 6.15. The van der Waals surface area contributed by atoms with Gasteiger partial charge >= 0.3 is 5.51 Å². The summed E-state index contributed by atoms with van der Waals surface area (Å²) in [5.41, 5.74) is -5.37. The van der Waals surface area contributed by atoms with E-state index in [0.29, 0.717) is 5.56 Å². The lowest BCUT2D eigenvalue weighted by molar-refractivity contribution is -0.0384. The fourth-order valence-electron chi connectivity index (χ4n) is 2.55. The van der Waals surface area contributed by atoms with Gasteiger partial charge in [0.1, 0.15) is 6.20 Å². The normalized spacial score (nSPS) is 12.6. The second-order valence-electron chi connectivity index (χ2n) is 6.27. The van der Waals surface area contributed by atoms with Gasteiger partial charge in [-0.3, -0.25) is 4.79 Å². The zero-order valence-corrected chi connectivity index (χ0v) is 16.3. The number of hydrogen-bond donors (Lipinski definition) is 1. The molecule has 0 amide bonds. The summed E-state index contributed by atoms with van der Waals surface area (Å²) in [5.74, 6) is -4.79. The average molecular weight is 462 g/mol. The highest BCUT2D eigenvalue weighted by atomic mass is 32.2. The molecule has 31 heavy (non-hydrogen) atoms. The molecule has 0 fully saturated rings. The van der Waals surface area contributed by atoms with Crippen LogP contribution in [-0.4, -0.2) is 24.5 Å². The molecular weight excluding hydrogens is 450 g/mol. The second kappa shape index (κ2) is 8.49. The first-order chi connectivity index (χ1) is 14.5. The van der Waals surface area contributed by atoms with Gasteiger partial charge in [-0.25, -0.2) is 22.1 Å². The zero-order chi connectivity index (χ0) is 22.9. The molecule has 0 spiro atoms. The minimum absolute atomic E-state index is 0.0419. The molecule has 3 rings (SSSR count). The van der Waals surface area contributed by atoms with Gasteiger partial charge in [-0.05, 0) is 42.3 Å². The summed E-state index contributed by atoms with van der Waals surface area (Å²) in [6, 6.07) is 4.74. The van der Waals surface area contributed by atoms with Crippen LogP contribution in [0, 0.1) is 24.4 Å². The molecule has 0 saturated carbocycles. The summed E-state index contributed by atoms with van der Waals surface area (Å²) in [7, 11) is -3.29. The van der Waals surface area contributed by atoms with Crippen molar-refractivity contribution < 1.29 is 30.6 Å². The minimum Gasteiger partial charge on any atom is -0.324 e. The smallest absolute Gasteiger partial charge is 0.324 e. The Morgan fingerprint density at radius 2 is 1.74 bits per heavy atom. The Labute approximate surface area is 173 Å². The Hall–Kier alpha value is -3.22. The zero-order valence-electron chi connectivity index (χ0n) is 15.5. The maximum atomic E-state index is 13.5. The Bertz CT molecular complexity index is 1210. The van der Waals surface area contributed by atoms with E-state index in [1.165, 1.54) is 13.0 Å². The van der Waals surface area contributed by atoms with Crippen LogP contribution in [0.5, 0.6) is 0 Å². The predicted octanol–water partition coefficient (Wildman–Crippen LogP) is 3.78. The Morgan fingerprint density at radius 1 is 1.10 bits per heavy atom. The van der Waals surface area contributed by atoms with E-state index >= 15 is 0 Å². The van der Waals surface area contributed by atoms with Crippen LogP contribution in [0.3, 0.4) is 0 Å². The van der Waals surface area contributed by atoms with Crippen LogP contribution in [0.2, 0.25) is 0 Å². The molecule has 1 aromatic heterocycles. The molecule has 3 aromatic rings. The SMILES string of the molecule is Cc1ccc(S(=O)C(F)(F)F)cc1Nc1nc(=O)cnn1Cc1cc(F)c(F)c(F)c1. The maximum absolute atomic E-state index is 13.5. The number of halogens is 6. The number of nitrogens with one attached hydrogen (secondary N) is 1. The van der Waals surface area contributed by atoms with Crippen molar-refractivity contribution in [2.45, 2.75) is 23.9 Å². The molecule has 0 aliphatic carbocycles. The van der Waals surface area contributed by atoms with E-state index in [1.54, 1.807) is 0 Å². The van der Waals surface area contributed by atoms with Gasteiger partial charge in [-0.15, -0.1) is 0 Å². The molecule has 1 N–H and O–H groups in total.